The molecule has 178 valence electrons. The summed E-state index contributed by atoms with van der Waals surface area (Å²) in [4.78, 5) is 52.0. The molecule has 0 bridgehead atoms. The Hall–Kier alpha value is -2.66. The molecule has 11 heteroatoms. The van der Waals surface area contributed by atoms with Gasteiger partial charge in [-0.3, -0.25) is 14.5 Å². The second kappa shape index (κ2) is 9.68. The Morgan fingerprint density at radius 1 is 1.21 bits per heavy atom. The highest BCUT2D eigenvalue weighted by Gasteiger charge is 2.54. The number of rotatable bonds is 6. The molecule has 1 aromatic rings. The zero-order chi connectivity index (χ0) is 24.5. The maximum Gasteiger partial charge on any atom is 0.408 e. The van der Waals surface area contributed by atoms with E-state index < -0.39 is 46.9 Å². The first-order valence-electron chi connectivity index (χ1n) is 10.3. The molecule has 2 aliphatic heterocycles. The fourth-order valence-electron chi connectivity index (χ4n) is 3.49. The van der Waals surface area contributed by atoms with E-state index in [4.69, 9.17) is 4.74 Å². The molecule has 9 nitrogen and oxygen atoms in total. The van der Waals surface area contributed by atoms with Crippen molar-refractivity contribution < 1.29 is 29.0 Å². The summed E-state index contributed by atoms with van der Waals surface area (Å²) in [5.41, 5.74) is -0.319. The molecular weight excluding hydrogens is 466 g/mol. The Labute approximate surface area is 200 Å². The number of fused-ring (bicyclic) bond motifs is 1. The largest absolute Gasteiger partial charge is 0.477 e. The van der Waals surface area contributed by atoms with Gasteiger partial charge in [0, 0.05) is 10.1 Å². The monoisotopic (exact) mass is 493 g/mol. The van der Waals surface area contributed by atoms with Crippen LogP contribution in [-0.4, -0.2) is 62.4 Å². The second-order valence-electron chi connectivity index (χ2n) is 8.64. The lowest BCUT2D eigenvalue weighted by atomic mass is 10.0. The first-order valence-corrected chi connectivity index (χ1v) is 12.5. The van der Waals surface area contributed by atoms with E-state index in [2.05, 4.69) is 10.6 Å². The number of carbonyl (C=O) groups is 4. The number of nitrogens with zero attached hydrogens (tertiary/aromatic N) is 1. The summed E-state index contributed by atoms with van der Waals surface area (Å²) in [6.07, 6.45) is 2.67. The number of hydrogen-bond acceptors (Lipinski definition) is 7. The number of ether oxygens (including phenoxy) is 1. The third kappa shape index (κ3) is 5.64. The smallest absolute Gasteiger partial charge is 0.408 e. The van der Waals surface area contributed by atoms with E-state index in [1.165, 1.54) is 34.5 Å². The van der Waals surface area contributed by atoms with Gasteiger partial charge < -0.3 is 20.5 Å². The van der Waals surface area contributed by atoms with Gasteiger partial charge in [0.25, 0.3) is 5.91 Å². The fourth-order valence-corrected chi connectivity index (χ4v) is 5.22. The fraction of sp³-hybridized carbons (Fsp3) is 0.455. The van der Waals surface area contributed by atoms with E-state index in [9.17, 15) is 24.3 Å². The zero-order valence-electron chi connectivity index (χ0n) is 18.9. The first kappa shape index (κ1) is 25.0. The number of carboxylic acids is 1. The van der Waals surface area contributed by atoms with E-state index in [0.29, 0.717) is 5.56 Å². The number of alkyl carbamates (subject to hydrolysis) is 1. The lowest BCUT2D eigenvalue weighted by molar-refractivity contribution is -0.150. The summed E-state index contributed by atoms with van der Waals surface area (Å²) < 4.78 is 5.31. The molecule has 2 heterocycles. The van der Waals surface area contributed by atoms with Gasteiger partial charge in [0.2, 0.25) is 5.91 Å². The van der Waals surface area contributed by atoms with Gasteiger partial charge in [-0.2, -0.15) is 0 Å². The standard InChI is InChI=1S/C22H27N3O6S2/c1-11-10-14(20(28)29)25-18(27)16(19(25)33-11)23-17(26)15(24-21(30)31-22(2,3)4)12-6-8-13(32-5)9-7-12/h6-11,15-16,19H,1-5H3,(H,23,26)(H,24,30)(H,28,29)/t11?,15?,16?,19-/m0/s1. The van der Waals surface area contributed by atoms with E-state index in [-0.39, 0.29) is 10.9 Å². The molecule has 2 aliphatic rings. The number of hydrogen-bond donors (Lipinski definition) is 3. The maximum atomic E-state index is 13.2. The Kier molecular flexibility index (Phi) is 7.32. The van der Waals surface area contributed by atoms with Crippen molar-refractivity contribution in [1.29, 1.82) is 0 Å². The van der Waals surface area contributed by atoms with Crippen LogP contribution in [0.5, 0.6) is 0 Å². The summed E-state index contributed by atoms with van der Waals surface area (Å²) in [5.74, 6) is -2.28. The van der Waals surface area contributed by atoms with Crippen LogP contribution in [0.2, 0.25) is 0 Å². The highest BCUT2D eigenvalue weighted by Crippen LogP contribution is 2.40. The van der Waals surface area contributed by atoms with Gasteiger partial charge in [-0.25, -0.2) is 9.59 Å². The lowest BCUT2D eigenvalue weighted by Gasteiger charge is -2.49. The third-order valence-corrected chi connectivity index (χ3v) is 7.01. The molecule has 1 aromatic carbocycles. The normalized spacial score (nSPS) is 22.9. The average molecular weight is 494 g/mol. The summed E-state index contributed by atoms with van der Waals surface area (Å²) >= 11 is 2.92. The van der Waals surface area contributed by atoms with Crippen LogP contribution in [0.25, 0.3) is 0 Å². The lowest BCUT2D eigenvalue weighted by Crippen LogP contribution is -2.71. The van der Waals surface area contributed by atoms with Crippen LogP contribution < -0.4 is 10.6 Å². The van der Waals surface area contributed by atoms with E-state index in [1.54, 1.807) is 32.9 Å². The van der Waals surface area contributed by atoms with E-state index in [1.807, 2.05) is 25.3 Å². The number of thioether (sulfide) groups is 2. The summed E-state index contributed by atoms with van der Waals surface area (Å²) in [6, 6.07) is 5.11. The Bertz CT molecular complexity index is 989. The molecule has 33 heavy (non-hydrogen) atoms. The number of carbonyl (C=O) groups excluding carboxylic acids is 3. The molecule has 0 radical (unpaired) electrons. The van der Waals surface area contributed by atoms with Crippen molar-refractivity contribution in [3.05, 3.63) is 41.6 Å². The van der Waals surface area contributed by atoms with Crippen LogP contribution >= 0.6 is 23.5 Å². The molecule has 3 amide bonds. The molecule has 0 aliphatic carbocycles. The van der Waals surface area contributed by atoms with Crippen molar-refractivity contribution >= 4 is 47.4 Å². The molecular formula is C22H27N3O6S2. The topological polar surface area (TPSA) is 125 Å². The maximum absolute atomic E-state index is 13.2. The predicted octanol–water partition coefficient (Wildman–Crippen LogP) is 2.73. The quantitative estimate of drug-likeness (QED) is 0.408. The number of amides is 3. The van der Waals surface area contributed by atoms with Gasteiger partial charge in [0.05, 0.1) is 0 Å². The van der Waals surface area contributed by atoms with Crippen molar-refractivity contribution in [2.45, 2.75) is 60.9 Å². The molecule has 1 fully saturated rings. The van der Waals surface area contributed by atoms with Gasteiger partial charge in [-0.15, -0.1) is 23.5 Å². The Morgan fingerprint density at radius 2 is 1.85 bits per heavy atom. The molecule has 4 atom stereocenters. The number of carboxylic acid groups (broad SMARTS) is 1. The molecule has 3 unspecified atom stereocenters. The molecule has 1 saturated heterocycles. The highest BCUT2D eigenvalue weighted by atomic mass is 32.2. The summed E-state index contributed by atoms with van der Waals surface area (Å²) in [6.45, 7) is 6.97. The predicted molar refractivity (Wildman–Crippen MR) is 126 cm³/mol. The number of aliphatic carboxylic acids is 1. The molecule has 3 N–H and O–H groups in total. The average Bonchev–Trinajstić information content (AvgIpc) is 2.73. The van der Waals surface area contributed by atoms with Crippen LogP contribution in [-0.2, 0) is 19.1 Å². The van der Waals surface area contributed by atoms with Gasteiger partial charge >= 0.3 is 12.1 Å². The number of benzene rings is 1. The minimum Gasteiger partial charge on any atom is -0.477 e. The van der Waals surface area contributed by atoms with E-state index >= 15 is 0 Å². The van der Waals surface area contributed by atoms with Crippen LogP contribution in [0.3, 0.4) is 0 Å². The van der Waals surface area contributed by atoms with Crippen molar-refractivity contribution in [3.63, 3.8) is 0 Å². The molecule has 0 saturated carbocycles. The van der Waals surface area contributed by atoms with Crippen LogP contribution in [0, 0.1) is 0 Å². The van der Waals surface area contributed by atoms with Crippen LogP contribution in [0.4, 0.5) is 4.79 Å². The Balaban J connectivity index is 1.80. The van der Waals surface area contributed by atoms with Gasteiger partial charge in [0.1, 0.15) is 28.8 Å². The molecule has 0 aromatic heterocycles. The minimum absolute atomic E-state index is 0.0853. The zero-order valence-corrected chi connectivity index (χ0v) is 20.6. The second-order valence-corrected chi connectivity index (χ2v) is 11.0. The minimum atomic E-state index is -1.19. The van der Waals surface area contributed by atoms with Crippen LogP contribution in [0.15, 0.2) is 40.9 Å². The van der Waals surface area contributed by atoms with Crippen molar-refractivity contribution in [3.8, 4) is 0 Å². The summed E-state index contributed by atoms with van der Waals surface area (Å²) in [7, 11) is 0. The van der Waals surface area contributed by atoms with Crippen molar-refractivity contribution in [2.75, 3.05) is 6.26 Å². The highest BCUT2D eigenvalue weighted by molar-refractivity contribution is 8.00. The van der Waals surface area contributed by atoms with E-state index in [0.717, 1.165) is 4.90 Å². The number of nitrogens with one attached hydrogen (secondary N) is 2. The van der Waals surface area contributed by atoms with Gasteiger partial charge in [-0.05, 0) is 57.7 Å². The first-order chi connectivity index (χ1) is 15.4. The van der Waals surface area contributed by atoms with Gasteiger partial charge in [-0.1, -0.05) is 12.1 Å². The van der Waals surface area contributed by atoms with Crippen molar-refractivity contribution in [2.24, 2.45) is 0 Å². The summed E-state index contributed by atoms with van der Waals surface area (Å²) in [5, 5.41) is 14.0. The third-order valence-electron chi connectivity index (χ3n) is 4.94. The Morgan fingerprint density at radius 3 is 2.39 bits per heavy atom. The molecule has 0 spiro atoms. The van der Waals surface area contributed by atoms with Gasteiger partial charge in [0.15, 0.2) is 0 Å². The number of β-lactam (4-membered cyclic amide) rings is 1. The van der Waals surface area contributed by atoms with Crippen molar-refractivity contribution in [1.82, 2.24) is 15.5 Å². The van der Waals surface area contributed by atoms with Crippen LogP contribution in [0.1, 0.15) is 39.3 Å². The molecule has 3 rings (SSSR count). The SMILES string of the molecule is CSc1ccc(C(NC(=O)OC(C)(C)C)C(=O)NC2C(=O)N3C(C(=O)O)=CC(C)S[C@@H]23)cc1.